The van der Waals surface area contributed by atoms with Crippen molar-refractivity contribution in [2.24, 2.45) is 0 Å². The normalized spacial score (nSPS) is 15.0. The molecule has 3 rings (SSSR count). The van der Waals surface area contributed by atoms with Crippen molar-refractivity contribution < 1.29 is 18.0 Å². The third-order valence-corrected chi connectivity index (χ3v) is 4.31. The predicted octanol–water partition coefficient (Wildman–Crippen LogP) is 3.16. The fourth-order valence-corrected chi connectivity index (χ4v) is 2.84. The molecule has 2 heterocycles. The van der Waals surface area contributed by atoms with Gasteiger partial charge in [-0.15, -0.1) is 11.3 Å². The minimum atomic E-state index is -4.48. The molecule has 0 radical (unpaired) electrons. The van der Waals surface area contributed by atoms with Crippen LogP contribution in [-0.2, 0) is 24.1 Å². The molecule has 2 aromatic heterocycles. The van der Waals surface area contributed by atoms with Crippen molar-refractivity contribution >= 4 is 17.2 Å². The average Bonchev–Trinajstić information content (AvgIpc) is 2.99. The lowest BCUT2D eigenvalue weighted by Crippen LogP contribution is -2.28. The van der Waals surface area contributed by atoms with Crippen LogP contribution < -0.4 is 5.32 Å². The molecule has 1 saturated carbocycles. The second-order valence-corrected chi connectivity index (χ2v) is 6.27. The van der Waals surface area contributed by atoms with Crippen LogP contribution in [-0.4, -0.2) is 15.7 Å². The first-order valence-corrected chi connectivity index (χ1v) is 7.75. The number of hydrogen-bond acceptors (Lipinski definition) is 3. The van der Waals surface area contributed by atoms with Crippen molar-refractivity contribution in [1.29, 1.82) is 0 Å². The zero-order valence-electron chi connectivity index (χ0n) is 11.6. The molecule has 0 aliphatic heterocycles. The summed E-state index contributed by atoms with van der Waals surface area (Å²) in [4.78, 5) is 12.9. The highest BCUT2D eigenvalue weighted by atomic mass is 32.1. The van der Waals surface area contributed by atoms with Crippen LogP contribution in [0, 0.1) is 0 Å². The Morgan fingerprint density at radius 3 is 2.82 bits per heavy atom. The van der Waals surface area contributed by atoms with E-state index in [1.165, 1.54) is 16.0 Å². The van der Waals surface area contributed by atoms with E-state index < -0.39 is 11.9 Å². The third-order valence-electron chi connectivity index (χ3n) is 3.43. The summed E-state index contributed by atoms with van der Waals surface area (Å²) < 4.78 is 39.5. The number of aromatic nitrogens is 2. The molecule has 4 nitrogen and oxygen atoms in total. The molecule has 0 spiro atoms. The summed E-state index contributed by atoms with van der Waals surface area (Å²) in [5.41, 5.74) is -0.431. The van der Waals surface area contributed by atoms with Gasteiger partial charge in [-0.3, -0.25) is 9.48 Å². The maximum Gasteiger partial charge on any atom is 0.435 e. The zero-order valence-corrected chi connectivity index (χ0v) is 12.4. The Labute approximate surface area is 128 Å². The number of thiophene rings is 1. The summed E-state index contributed by atoms with van der Waals surface area (Å²) in [6.07, 6.45) is -2.79. The quantitative estimate of drug-likeness (QED) is 0.916. The van der Waals surface area contributed by atoms with Crippen molar-refractivity contribution in [2.45, 2.75) is 38.0 Å². The van der Waals surface area contributed by atoms with Crippen molar-refractivity contribution in [2.75, 3.05) is 0 Å². The number of amides is 1. The van der Waals surface area contributed by atoms with Crippen LogP contribution in [0.1, 0.15) is 35.0 Å². The van der Waals surface area contributed by atoms with E-state index >= 15 is 0 Å². The Morgan fingerprint density at radius 1 is 1.45 bits per heavy atom. The van der Waals surface area contributed by atoms with Crippen molar-refractivity contribution in [3.63, 3.8) is 0 Å². The first-order valence-electron chi connectivity index (χ1n) is 6.87. The van der Waals surface area contributed by atoms with E-state index in [4.69, 9.17) is 0 Å². The summed E-state index contributed by atoms with van der Waals surface area (Å²) in [5.74, 6) is -0.249. The molecule has 1 aliphatic carbocycles. The van der Waals surface area contributed by atoms with Gasteiger partial charge in [0.15, 0.2) is 5.69 Å². The number of carbonyl (C=O) groups is 1. The van der Waals surface area contributed by atoms with Crippen molar-refractivity contribution in [3.8, 4) is 0 Å². The Balaban J connectivity index is 1.68. The molecule has 1 aliphatic rings. The molecule has 1 amide bonds. The Hall–Kier alpha value is -1.83. The third kappa shape index (κ3) is 3.49. The van der Waals surface area contributed by atoms with Crippen molar-refractivity contribution in [3.05, 3.63) is 39.8 Å². The van der Waals surface area contributed by atoms with Crippen LogP contribution in [0.2, 0.25) is 0 Å². The van der Waals surface area contributed by atoms with Gasteiger partial charge < -0.3 is 5.32 Å². The van der Waals surface area contributed by atoms with Gasteiger partial charge in [0.05, 0.1) is 6.54 Å². The Morgan fingerprint density at radius 2 is 2.23 bits per heavy atom. The smallest absolute Gasteiger partial charge is 0.350 e. The van der Waals surface area contributed by atoms with Crippen LogP contribution in [0.4, 0.5) is 13.2 Å². The minimum Gasteiger partial charge on any atom is -0.350 e. The molecule has 1 fully saturated rings. The molecule has 8 heteroatoms. The molecule has 0 unspecified atom stereocenters. The number of carbonyl (C=O) groups excluding carboxylic acids is 1. The topological polar surface area (TPSA) is 46.9 Å². The highest BCUT2D eigenvalue weighted by Crippen LogP contribution is 2.42. The van der Waals surface area contributed by atoms with E-state index in [0.29, 0.717) is 12.2 Å². The van der Waals surface area contributed by atoms with E-state index in [1.54, 1.807) is 0 Å². The van der Waals surface area contributed by atoms with Gasteiger partial charge in [-0.25, -0.2) is 0 Å². The fourth-order valence-electron chi connectivity index (χ4n) is 2.19. The van der Waals surface area contributed by atoms with E-state index in [1.807, 2.05) is 17.5 Å². The van der Waals surface area contributed by atoms with Crippen LogP contribution >= 0.6 is 11.3 Å². The molecule has 2 aromatic rings. The van der Waals surface area contributed by atoms with Gasteiger partial charge in [0.25, 0.3) is 0 Å². The van der Waals surface area contributed by atoms with Gasteiger partial charge >= 0.3 is 6.18 Å². The summed E-state index contributed by atoms with van der Waals surface area (Å²) in [6.45, 7) is 0.190. The average molecular weight is 329 g/mol. The summed E-state index contributed by atoms with van der Waals surface area (Å²) in [6, 6.07) is 4.82. The van der Waals surface area contributed by atoms with Crippen molar-refractivity contribution in [1.82, 2.24) is 15.1 Å². The standard InChI is InChI=1S/C14H14F3N3OS/c15-14(16,17)12-6-11(9-3-4-9)20(19-12)8-13(21)18-7-10-2-1-5-22-10/h1-2,5-6,9H,3-4,7-8H2,(H,18,21). The lowest BCUT2D eigenvalue weighted by atomic mass is 10.2. The van der Waals surface area contributed by atoms with Gasteiger partial charge in [0.1, 0.15) is 6.54 Å². The van der Waals surface area contributed by atoms with E-state index in [-0.39, 0.29) is 18.4 Å². The maximum absolute atomic E-state index is 12.8. The lowest BCUT2D eigenvalue weighted by Gasteiger charge is -2.07. The van der Waals surface area contributed by atoms with E-state index in [9.17, 15) is 18.0 Å². The van der Waals surface area contributed by atoms with Crippen LogP contribution in [0.3, 0.4) is 0 Å². The Bertz CT molecular complexity index is 659. The van der Waals surface area contributed by atoms with Gasteiger partial charge in [0.2, 0.25) is 5.91 Å². The molecule has 0 atom stereocenters. The van der Waals surface area contributed by atoms with Crippen LogP contribution in [0.15, 0.2) is 23.6 Å². The second-order valence-electron chi connectivity index (χ2n) is 5.24. The molecule has 22 heavy (non-hydrogen) atoms. The number of nitrogens with one attached hydrogen (secondary N) is 1. The molecule has 1 N–H and O–H groups in total. The Kier molecular flexibility index (Phi) is 3.94. The fraction of sp³-hybridized carbons (Fsp3) is 0.429. The second kappa shape index (κ2) is 5.75. The number of nitrogens with zero attached hydrogens (tertiary/aromatic N) is 2. The van der Waals surface area contributed by atoms with Gasteiger partial charge in [-0.05, 0) is 30.4 Å². The maximum atomic E-state index is 12.8. The number of halogens is 3. The van der Waals surface area contributed by atoms with Crippen LogP contribution in [0.5, 0.6) is 0 Å². The van der Waals surface area contributed by atoms with Gasteiger partial charge in [-0.1, -0.05) is 6.07 Å². The lowest BCUT2D eigenvalue weighted by molar-refractivity contribution is -0.141. The van der Waals surface area contributed by atoms with E-state index in [0.717, 1.165) is 23.8 Å². The molecule has 118 valence electrons. The minimum absolute atomic E-state index is 0.0914. The summed E-state index contributed by atoms with van der Waals surface area (Å²) >= 11 is 1.51. The first-order chi connectivity index (χ1) is 10.4. The molecule has 0 aromatic carbocycles. The number of hydrogen-bond donors (Lipinski definition) is 1. The predicted molar refractivity (Wildman–Crippen MR) is 75.4 cm³/mol. The van der Waals surface area contributed by atoms with E-state index in [2.05, 4.69) is 10.4 Å². The largest absolute Gasteiger partial charge is 0.435 e. The monoisotopic (exact) mass is 329 g/mol. The summed E-state index contributed by atoms with van der Waals surface area (Å²) in [5, 5.41) is 8.16. The zero-order chi connectivity index (χ0) is 15.7. The highest BCUT2D eigenvalue weighted by molar-refractivity contribution is 7.09. The number of alkyl halides is 3. The molecular formula is C14H14F3N3OS. The molecule has 0 bridgehead atoms. The highest BCUT2D eigenvalue weighted by Gasteiger charge is 2.38. The molecular weight excluding hydrogens is 315 g/mol. The van der Waals surface area contributed by atoms with Gasteiger partial charge in [-0.2, -0.15) is 18.3 Å². The number of rotatable bonds is 5. The molecule has 0 saturated heterocycles. The van der Waals surface area contributed by atoms with Gasteiger partial charge in [0, 0.05) is 16.5 Å². The summed E-state index contributed by atoms with van der Waals surface area (Å²) in [7, 11) is 0. The van der Waals surface area contributed by atoms with Crippen LogP contribution in [0.25, 0.3) is 0 Å². The SMILES string of the molecule is O=C(Cn1nc(C(F)(F)F)cc1C1CC1)NCc1cccs1. The first kappa shape index (κ1) is 15.1.